The van der Waals surface area contributed by atoms with Crippen molar-refractivity contribution in [1.82, 2.24) is 20.2 Å². The van der Waals surface area contributed by atoms with E-state index in [9.17, 15) is 9.59 Å². The van der Waals surface area contributed by atoms with Gasteiger partial charge in [0, 0.05) is 25.5 Å². The Morgan fingerprint density at radius 2 is 2.32 bits per heavy atom. The van der Waals surface area contributed by atoms with Gasteiger partial charge in [-0.25, -0.2) is 9.78 Å². The second kappa shape index (κ2) is 5.29. The van der Waals surface area contributed by atoms with E-state index in [1.54, 1.807) is 17.3 Å². The minimum atomic E-state index is -0.845. The molecule has 1 fully saturated rings. The molecule has 3 N–H and O–H groups in total. The van der Waals surface area contributed by atoms with Crippen molar-refractivity contribution in [3.63, 3.8) is 0 Å². The van der Waals surface area contributed by atoms with Crippen LogP contribution >= 0.6 is 0 Å². The van der Waals surface area contributed by atoms with Crippen molar-refractivity contribution in [2.24, 2.45) is 11.8 Å². The molecule has 2 amide bonds. The zero-order valence-corrected chi connectivity index (χ0v) is 11.0. The fourth-order valence-electron chi connectivity index (χ4n) is 2.31. The summed E-state index contributed by atoms with van der Waals surface area (Å²) in [6.07, 6.45) is 3.31. The zero-order valence-electron chi connectivity index (χ0n) is 11.0. The lowest BCUT2D eigenvalue weighted by Gasteiger charge is -2.19. The summed E-state index contributed by atoms with van der Waals surface area (Å²) in [6.45, 7) is 4.40. The van der Waals surface area contributed by atoms with Crippen molar-refractivity contribution in [3.8, 4) is 0 Å². The molecule has 3 atom stereocenters. The van der Waals surface area contributed by atoms with Crippen molar-refractivity contribution < 1.29 is 14.7 Å². The summed E-state index contributed by atoms with van der Waals surface area (Å²) in [4.78, 5) is 31.6. The van der Waals surface area contributed by atoms with Crippen molar-refractivity contribution in [2.45, 2.75) is 19.9 Å². The Balaban J connectivity index is 1.93. The minimum Gasteiger partial charge on any atom is -0.481 e. The maximum Gasteiger partial charge on any atom is 0.318 e. The number of nitrogens with one attached hydrogen (secondary N) is 2. The van der Waals surface area contributed by atoms with Crippen LogP contribution in [0.1, 0.15) is 25.7 Å². The number of carboxylic acids is 1. The van der Waals surface area contributed by atoms with Crippen LogP contribution in [0.15, 0.2) is 12.4 Å². The van der Waals surface area contributed by atoms with E-state index in [1.165, 1.54) is 0 Å². The molecule has 0 saturated carbocycles. The van der Waals surface area contributed by atoms with Crippen LogP contribution < -0.4 is 5.32 Å². The van der Waals surface area contributed by atoms with Crippen LogP contribution in [0.25, 0.3) is 0 Å². The number of hydrogen-bond donors (Lipinski definition) is 3. The van der Waals surface area contributed by atoms with Crippen LogP contribution in [0.5, 0.6) is 0 Å². The average Bonchev–Trinajstić information content (AvgIpc) is 2.96. The first-order valence-corrected chi connectivity index (χ1v) is 6.26. The smallest absolute Gasteiger partial charge is 0.318 e. The highest BCUT2D eigenvalue weighted by molar-refractivity contribution is 5.77. The highest BCUT2D eigenvalue weighted by Crippen LogP contribution is 2.23. The van der Waals surface area contributed by atoms with Gasteiger partial charge in [0.15, 0.2) is 0 Å². The number of rotatable bonds is 3. The number of imidazole rings is 1. The van der Waals surface area contributed by atoms with E-state index in [1.807, 2.05) is 13.8 Å². The van der Waals surface area contributed by atoms with Crippen molar-refractivity contribution >= 4 is 12.0 Å². The van der Waals surface area contributed by atoms with E-state index in [0.717, 1.165) is 0 Å². The molecule has 1 saturated heterocycles. The Labute approximate surface area is 111 Å². The summed E-state index contributed by atoms with van der Waals surface area (Å²) in [5, 5.41) is 11.8. The summed E-state index contributed by atoms with van der Waals surface area (Å²) in [7, 11) is 0. The van der Waals surface area contributed by atoms with E-state index < -0.39 is 11.9 Å². The quantitative estimate of drug-likeness (QED) is 0.754. The third-order valence-corrected chi connectivity index (χ3v) is 3.49. The topological polar surface area (TPSA) is 98.3 Å². The molecule has 0 aliphatic carbocycles. The van der Waals surface area contributed by atoms with Crippen molar-refractivity contribution in [3.05, 3.63) is 18.2 Å². The SMILES string of the molecule is CC(NC(=O)N1CC(C)C(C(=O)O)C1)c1ncc[nH]1. The molecular formula is C12H18N4O3. The van der Waals surface area contributed by atoms with E-state index in [0.29, 0.717) is 12.4 Å². The number of nitrogens with zero attached hydrogens (tertiary/aromatic N) is 2. The van der Waals surface area contributed by atoms with E-state index >= 15 is 0 Å². The molecule has 0 spiro atoms. The van der Waals surface area contributed by atoms with Gasteiger partial charge in [0.2, 0.25) is 0 Å². The van der Waals surface area contributed by atoms with Crippen LogP contribution in [-0.2, 0) is 4.79 Å². The predicted octanol–water partition coefficient (Wildman–Crippen LogP) is 0.833. The zero-order chi connectivity index (χ0) is 14.0. The Kier molecular flexibility index (Phi) is 3.73. The Bertz CT molecular complexity index is 460. The van der Waals surface area contributed by atoms with E-state index in [-0.39, 0.29) is 24.5 Å². The maximum atomic E-state index is 12.0. The second-order valence-corrected chi connectivity index (χ2v) is 4.97. The second-order valence-electron chi connectivity index (χ2n) is 4.97. The predicted molar refractivity (Wildman–Crippen MR) is 67.4 cm³/mol. The van der Waals surface area contributed by atoms with E-state index in [2.05, 4.69) is 15.3 Å². The van der Waals surface area contributed by atoms with Gasteiger partial charge in [0.1, 0.15) is 5.82 Å². The maximum absolute atomic E-state index is 12.0. The van der Waals surface area contributed by atoms with Gasteiger partial charge in [-0.3, -0.25) is 4.79 Å². The first-order valence-electron chi connectivity index (χ1n) is 6.26. The summed E-state index contributed by atoms with van der Waals surface area (Å²) in [5.74, 6) is -0.677. The number of aromatic amines is 1. The van der Waals surface area contributed by atoms with Crippen LogP contribution in [-0.4, -0.2) is 45.1 Å². The molecule has 1 aromatic heterocycles. The number of urea groups is 1. The number of carbonyl (C=O) groups is 2. The molecule has 1 aliphatic rings. The van der Waals surface area contributed by atoms with Gasteiger partial charge in [-0.2, -0.15) is 0 Å². The fraction of sp³-hybridized carbons (Fsp3) is 0.583. The lowest BCUT2D eigenvalue weighted by Crippen LogP contribution is -2.40. The fourth-order valence-corrected chi connectivity index (χ4v) is 2.31. The number of H-pyrrole nitrogens is 1. The molecule has 3 unspecified atom stereocenters. The molecule has 1 aliphatic heterocycles. The number of amides is 2. The van der Waals surface area contributed by atoms with Gasteiger partial charge < -0.3 is 20.3 Å². The first-order chi connectivity index (χ1) is 8.99. The number of hydrogen-bond acceptors (Lipinski definition) is 3. The van der Waals surface area contributed by atoms with E-state index in [4.69, 9.17) is 5.11 Å². The Morgan fingerprint density at radius 3 is 2.84 bits per heavy atom. The number of carboxylic acid groups (broad SMARTS) is 1. The first kappa shape index (κ1) is 13.4. The monoisotopic (exact) mass is 266 g/mol. The van der Waals surface area contributed by atoms with Crippen LogP contribution in [0.3, 0.4) is 0 Å². The molecule has 2 rings (SSSR count). The van der Waals surface area contributed by atoms with Crippen molar-refractivity contribution in [2.75, 3.05) is 13.1 Å². The van der Waals surface area contributed by atoms with Gasteiger partial charge >= 0.3 is 12.0 Å². The third kappa shape index (κ3) is 2.86. The number of likely N-dealkylation sites (tertiary alicyclic amines) is 1. The molecule has 0 bridgehead atoms. The molecule has 0 aromatic carbocycles. The Hall–Kier alpha value is -2.05. The standard InChI is InChI=1S/C12H18N4O3/c1-7-5-16(6-9(7)11(17)18)12(19)15-8(2)10-13-3-4-14-10/h3-4,7-9H,5-6H2,1-2H3,(H,13,14)(H,15,19)(H,17,18). The summed E-state index contributed by atoms with van der Waals surface area (Å²) < 4.78 is 0. The highest BCUT2D eigenvalue weighted by Gasteiger charge is 2.37. The van der Waals surface area contributed by atoms with Crippen LogP contribution in [0.4, 0.5) is 4.79 Å². The molecular weight excluding hydrogens is 248 g/mol. The Morgan fingerprint density at radius 1 is 1.58 bits per heavy atom. The lowest BCUT2D eigenvalue weighted by atomic mass is 9.99. The van der Waals surface area contributed by atoms with Gasteiger partial charge in [0.05, 0.1) is 12.0 Å². The molecule has 1 aromatic rings. The molecule has 104 valence electrons. The van der Waals surface area contributed by atoms with Gasteiger partial charge in [-0.15, -0.1) is 0 Å². The highest BCUT2D eigenvalue weighted by atomic mass is 16.4. The van der Waals surface area contributed by atoms with Gasteiger partial charge in [-0.05, 0) is 12.8 Å². The van der Waals surface area contributed by atoms with Crippen LogP contribution in [0.2, 0.25) is 0 Å². The summed E-state index contributed by atoms with van der Waals surface area (Å²) >= 11 is 0. The lowest BCUT2D eigenvalue weighted by molar-refractivity contribution is -0.142. The third-order valence-electron chi connectivity index (χ3n) is 3.49. The molecule has 0 radical (unpaired) electrons. The minimum absolute atomic E-state index is 0.0258. The molecule has 19 heavy (non-hydrogen) atoms. The summed E-state index contributed by atoms with van der Waals surface area (Å²) in [6, 6.07) is -0.485. The molecule has 7 heteroatoms. The molecule has 2 heterocycles. The summed E-state index contributed by atoms with van der Waals surface area (Å²) in [5.41, 5.74) is 0. The number of carbonyl (C=O) groups excluding carboxylic acids is 1. The molecule has 7 nitrogen and oxygen atoms in total. The largest absolute Gasteiger partial charge is 0.481 e. The normalized spacial score (nSPS) is 24.2. The number of aromatic nitrogens is 2. The van der Waals surface area contributed by atoms with Crippen LogP contribution in [0, 0.1) is 11.8 Å². The number of aliphatic carboxylic acids is 1. The van der Waals surface area contributed by atoms with Gasteiger partial charge in [-0.1, -0.05) is 6.92 Å². The average molecular weight is 266 g/mol. The van der Waals surface area contributed by atoms with Gasteiger partial charge in [0.25, 0.3) is 0 Å². The van der Waals surface area contributed by atoms with Crippen molar-refractivity contribution in [1.29, 1.82) is 0 Å².